The molecule has 25 heavy (non-hydrogen) atoms. The zero-order chi connectivity index (χ0) is 17.4. The summed E-state index contributed by atoms with van der Waals surface area (Å²) in [6, 6.07) is 15.3. The van der Waals surface area contributed by atoms with Gasteiger partial charge in [-0.25, -0.2) is 4.79 Å². The van der Waals surface area contributed by atoms with Crippen molar-refractivity contribution in [1.82, 2.24) is 4.57 Å². The zero-order valence-electron chi connectivity index (χ0n) is 13.7. The highest BCUT2D eigenvalue weighted by atomic mass is 35.5. The van der Waals surface area contributed by atoms with Gasteiger partial charge in [0.1, 0.15) is 11.3 Å². The van der Waals surface area contributed by atoms with Crippen LogP contribution in [0.15, 0.2) is 59.1 Å². The minimum Gasteiger partial charge on any atom is -0.462 e. The van der Waals surface area contributed by atoms with Gasteiger partial charge in [0.2, 0.25) is 0 Å². The molecule has 0 bridgehead atoms. The molecule has 2 aromatic carbocycles. The van der Waals surface area contributed by atoms with Gasteiger partial charge in [0, 0.05) is 22.0 Å². The van der Waals surface area contributed by atoms with Gasteiger partial charge < -0.3 is 13.7 Å². The van der Waals surface area contributed by atoms with Crippen molar-refractivity contribution in [3.63, 3.8) is 0 Å². The first-order chi connectivity index (χ1) is 12.2. The second-order valence-electron chi connectivity index (χ2n) is 5.81. The quantitative estimate of drug-likeness (QED) is 0.470. The molecule has 2 heterocycles. The average molecular weight is 354 g/mol. The summed E-state index contributed by atoms with van der Waals surface area (Å²) in [4.78, 5) is 12.3. The van der Waals surface area contributed by atoms with Crippen molar-refractivity contribution in [3.05, 3.63) is 71.1 Å². The van der Waals surface area contributed by atoms with Gasteiger partial charge in [0.25, 0.3) is 0 Å². The Bertz CT molecular complexity index is 1040. The Morgan fingerprint density at radius 1 is 1.16 bits per heavy atom. The van der Waals surface area contributed by atoms with E-state index in [9.17, 15) is 4.79 Å². The number of para-hydroxylation sites is 1. The third-order valence-corrected chi connectivity index (χ3v) is 4.34. The van der Waals surface area contributed by atoms with E-state index in [-0.39, 0.29) is 5.97 Å². The molecule has 0 radical (unpaired) electrons. The molecule has 0 spiro atoms. The Labute approximate surface area is 149 Å². The Hall–Kier alpha value is -2.72. The van der Waals surface area contributed by atoms with Crippen molar-refractivity contribution in [2.75, 3.05) is 6.61 Å². The summed E-state index contributed by atoms with van der Waals surface area (Å²) >= 11 is 6.16. The maximum absolute atomic E-state index is 12.3. The van der Waals surface area contributed by atoms with Crippen LogP contribution in [-0.4, -0.2) is 17.1 Å². The molecule has 0 atom stereocenters. The summed E-state index contributed by atoms with van der Waals surface area (Å²) < 4.78 is 13.1. The Balaban J connectivity index is 1.80. The van der Waals surface area contributed by atoms with Crippen LogP contribution in [0.1, 0.15) is 23.0 Å². The van der Waals surface area contributed by atoms with Crippen LogP contribution in [0.4, 0.5) is 0 Å². The van der Waals surface area contributed by atoms with E-state index in [1.807, 2.05) is 53.2 Å². The van der Waals surface area contributed by atoms with Crippen LogP contribution in [-0.2, 0) is 11.3 Å². The fourth-order valence-electron chi connectivity index (χ4n) is 3.09. The molecule has 0 N–H and O–H groups in total. The highest BCUT2D eigenvalue weighted by Gasteiger charge is 2.17. The van der Waals surface area contributed by atoms with Gasteiger partial charge in [-0.15, -0.1) is 0 Å². The van der Waals surface area contributed by atoms with E-state index >= 15 is 0 Å². The van der Waals surface area contributed by atoms with Gasteiger partial charge in [-0.1, -0.05) is 29.8 Å². The number of ether oxygens (including phenoxy) is 1. The van der Waals surface area contributed by atoms with Crippen LogP contribution in [0.5, 0.6) is 0 Å². The standard InChI is InChI=1S/C20H16ClNO3/c1-2-24-20(23)17-11-15(21)9-14-7-8-22(19(14)17)12-16-10-13-5-3-4-6-18(13)25-16/h3-11H,2,12H2,1H3. The molecule has 4 nitrogen and oxygen atoms in total. The van der Waals surface area contributed by atoms with Crippen LogP contribution in [0.2, 0.25) is 5.02 Å². The fraction of sp³-hybridized carbons (Fsp3) is 0.150. The highest BCUT2D eigenvalue weighted by molar-refractivity contribution is 6.32. The van der Waals surface area contributed by atoms with Crippen molar-refractivity contribution >= 4 is 39.4 Å². The number of hydrogen-bond donors (Lipinski definition) is 0. The lowest BCUT2D eigenvalue weighted by Gasteiger charge is -2.09. The fourth-order valence-corrected chi connectivity index (χ4v) is 3.32. The molecule has 4 aromatic rings. The van der Waals surface area contributed by atoms with E-state index < -0.39 is 0 Å². The lowest BCUT2D eigenvalue weighted by Crippen LogP contribution is -2.08. The number of furan rings is 1. The van der Waals surface area contributed by atoms with E-state index in [1.54, 1.807) is 13.0 Å². The summed E-state index contributed by atoms with van der Waals surface area (Å²) in [7, 11) is 0. The molecule has 0 saturated heterocycles. The van der Waals surface area contributed by atoms with Crippen molar-refractivity contribution in [2.45, 2.75) is 13.5 Å². The third kappa shape index (κ3) is 2.89. The van der Waals surface area contributed by atoms with Gasteiger partial charge in [-0.05, 0) is 37.3 Å². The number of halogens is 1. The third-order valence-electron chi connectivity index (χ3n) is 4.12. The highest BCUT2D eigenvalue weighted by Crippen LogP contribution is 2.28. The molecule has 0 aliphatic carbocycles. The predicted octanol–water partition coefficient (Wildman–Crippen LogP) is 5.27. The van der Waals surface area contributed by atoms with Crippen LogP contribution in [0, 0.1) is 0 Å². The van der Waals surface area contributed by atoms with Crippen molar-refractivity contribution < 1.29 is 13.9 Å². The van der Waals surface area contributed by atoms with Crippen molar-refractivity contribution in [3.8, 4) is 0 Å². The topological polar surface area (TPSA) is 44.4 Å². The molecule has 5 heteroatoms. The molecule has 0 aliphatic heterocycles. The maximum Gasteiger partial charge on any atom is 0.340 e. The summed E-state index contributed by atoms with van der Waals surface area (Å²) in [5.74, 6) is 0.447. The van der Waals surface area contributed by atoms with E-state index in [2.05, 4.69) is 0 Å². The monoisotopic (exact) mass is 353 g/mol. The number of aromatic nitrogens is 1. The predicted molar refractivity (Wildman–Crippen MR) is 98.2 cm³/mol. The molecule has 2 aromatic heterocycles. The molecule has 0 fully saturated rings. The van der Waals surface area contributed by atoms with Gasteiger partial charge in [-0.2, -0.15) is 0 Å². The van der Waals surface area contributed by atoms with Gasteiger partial charge in [-0.3, -0.25) is 0 Å². The van der Waals surface area contributed by atoms with Gasteiger partial charge in [0.05, 0.1) is 24.2 Å². The van der Waals surface area contributed by atoms with Crippen molar-refractivity contribution in [2.24, 2.45) is 0 Å². The minimum absolute atomic E-state index is 0.317. The van der Waals surface area contributed by atoms with Crippen LogP contribution < -0.4 is 0 Å². The molecule has 0 saturated carbocycles. The first-order valence-electron chi connectivity index (χ1n) is 8.08. The SMILES string of the molecule is CCOC(=O)c1cc(Cl)cc2ccn(Cc3cc4ccccc4o3)c12. The maximum atomic E-state index is 12.3. The number of fused-ring (bicyclic) bond motifs is 2. The summed E-state index contributed by atoms with van der Waals surface area (Å²) in [5.41, 5.74) is 2.11. The number of rotatable bonds is 4. The van der Waals surface area contributed by atoms with Crippen LogP contribution in [0.3, 0.4) is 0 Å². The number of hydrogen-bond acceptors (Lipinski definition) is 3. The van der Waals surface area contributed by atoms with E-state index in [0.717, 1.165) is 27.6 Å². The molecule has 4 rings (SSSR count). The normalized spacial score (nSPS) is 11.3. The lowest BCUT2D eigenvalue weighted by molar-refractivity contribution is 0.0528. The van der Waals surface area contributed by atoms with E-state index in [4.69, 9.17) is 20.8 Å². The Morgan fingerprint density at radius 2 is 2.00 bits per heavy atom. The minimum atomic E-state index is -0.375. The number of esters is 1. The number of carbonyl (C=O) groups excluding carboxylic acids is 1. The molecular formula is C20H16ClNO3. The van der Waals surface area contributed by atoms with Gasteiger partial charge >= 0.3 is 5.97 Å². The molecule has 0 aliphatic rings. The summed E-state index contributed by atoms with van der Waals surface area (Å²) in [5, 5.41) is 2.46. The smallest absolute Gasteiger partial charge is 0.340 e. The average Bonchev–Trinajstić information content (AvgIpc) is 3.18. The summed E-state index contributed by atoms with van der Waals surface area (Å²) in [6.07, 6.45) is 1.93. The molecular weight excluding hydrogens is 338 g/mol. The second kappa shape index (κ2) is 6.30. The van der Waals surface area contributed by atoms with Gasteiger partial charge in [0.15, 0.2) is 0 Å². The van der Waals surface area contributed by atoms with E-state index in [0.29, 0.717) is 23.7 Å². The number of carbonyl (C=O) groups is 1. The molecule has 126 valence electrons. The Kier molecular flexibility index (Phi) is 3.98. The van der Waals surface area contributed by atoms with Crippen molar-refractivity contribution in [1.29, 1.82) is 0 Å². The van der Waals surface area contributed by atoms with E-state index in [1.165, 1.54) is 0 Å². The largest absolute Gasteiger partial charge is 0.462 e. The second-order valence-corrected chi connectivity index (χ2v) is 6.24. The number of nitrogens with zero attached hydrogens (tertiary/aromatic N) is 1. The summed E-state index contributed by atoms with van der Waals surface area (Å²) in [6.45, 7) is 2.62. The molecule has 0 unspecified atom stereocenters. The van der Waals surface area contributed by atoms with Crippen LogP contribution in [0.25, 0.3) is 21.9 Å². The lowest BCUT2D eigenvalue weighted by atomic mass is 10.1. The van der Waals surface area contributed by atoms with Crippen LogP contribution >= 0.6 is 11.6 Å². The Morgan fingerprint density at radius 3 is 2.80 bits per heavy atom. The molecule has 0 amide bonds. The first kappa shape index (κ1) is 15.8. The number of benzene rings is 2. The zero-order valence-corrected chi connectivity index (χ0v) is 14.4. The first-order valence-corrected chi connectivity index (χ1v) is 8.46.